The smallest absolute Gasteiger partial charge is 0.295 e. The van der Waals surface area contributed by atoms with Gasteiger partial charge in [-0.15, -0.1) is 0 Å². The summed E-state index contributed by atoms with van der Waals surface area (Å²) in [4.78, 5) is 26.2. The summed E-state index contributed by atoms with van der Waals surface area (Å²) in [5.74, 6) is -0.876. The van der Waals surface area contributed by atoms with Crippen molar-refractivity contribution in [3.8, 4) is 0 Å². The minimum Gasteiger partial charge on any atom is -0.377 e. The number of hydrogen-bond donors (Lipinski definition) is 0. The lowest BCUT2D eigenvalue weighted by molar-refractivity contribution is -0.134. The van der Waals surface area contributed by atoms with Crippen molar-refractivity contribution in [2.45, 2.75) is 39.2 Å². The van der Waals surface area contributed by atoms with Crippen LogP contribution < -0.4 is 0 Å². The molecular weight excluding hydrogens is 266 g/mol. The fourth-order valence-electron chi connectivity index (χ4n) is 2.40. The van der Waals surface area contributed by atoms with E-state index >= 15 is 0 Å². The Labute approximate surface area is 126 Å². The number of ether oxygens (including phenoxy) is 1. The van der Waals surface area contributed by atoms with Crippen molar-refractivity contribution in [3.05, 3.63) is 35.4 Å². The number of rotatable bonds is 2. The first-order chi connectivity index (χ1) is 9.80. The zero-order chi connectivity index (χ0) is 15.6. The topological polar surface area (TPSA) is 46.6 Å². The molecule has 21 heavy (non-hydrogen) atoms. The molecule has 4 heteroatoms. The molecule has 0 spiro atoms. The van der Waals surface area contributed by atoms with Gasteiger partial charge in [0.15, 0.2) is 0 Å². The lowest BCUT2D eigenvalue weighted by atomic mass is 9.86. The van der Waals surface area contributed by atoms with Crippen LogP contribution >= 0.6 is 0 Å². The van der Waals surface area contributed by atoms with E-state index in [4.69, 9.17) is 4.74 Å². The maximum Gasteiger partial charge on any atom is 0.295 e. The molecule has 1 aromatic carbocycles. The molecule has 2 rings (SSSR count). The summed E-state index contributed by atoms with van der Waals surface area (Å²) in [5, 5.41) is 0. The van der Waals surface area contributed by atoms with Crippen molar-refractivity contribution >= 4 is 11.7 Å². The van der Waals surface area contributed by atoms with Crippen LogP contribution in [-0.2, 0) is 14.9 Å². The third kappa shape index (κ3) is 3.50. The number of amides is 1. The molecule has 1 aromatic rings. The second kappa shape index (κ2) is 5.98. The van der Waals surface area contributed by atoms with Crippen LogP contribution in [-0.4, -0.2) is 42.4 Å². The lowest BCUT2D eigenvalue weighted by Crippen LogP contribution is -2.49. The van der Waals surface area contributed by atoms with Crippen molar-refractivity contribution in [3.63, 3.8) is 0 Å². The van der Waals surface area contributed by atoms with Gasteiger partial charge in [-0.05, 0) is 17.9 Å². The summed E-state index contributed by atoms with van der Waals surface area (Å²) in [6, 6.07) is 7.27. The Morgan fingerprint density at radius 3 is 2.33 bits per heavy atom. The van der Waals surface area contributed by atoms with Gasteiger partial charge in [0.2, 0.25) is 5.78 Å². The molecule has 0 aliphatic carbocycles. The number of nitrogens with zero attached hydrogens (tertiary/aromatic N) is 1. The van der Waals surface area contributed by atoms with Crippen molar-refractivity contribution in [2.75, 3.05) is 19.8 Å². The molecule has 0 aromatic heterocycles. The Morgan fingerprint density at radius 2 is 1.81 bits per heavy atom. The van der Waals surface area contributed by atoms with Crippen LogP contribution in [0.25, 0.3) is 0 Å². The van der Waals surface area contributed by atoms with Gasteiger partial charge in [-0.25, -0.2) is 0 Å². The number of hydrogen-bond acceptors (Lipinski definition) is 3. The third-order valence-electron chi connectivity index (χ3n) is 3.84. The first kappa shape index (κ1) is 15.7. The molecule has 1 atom stereocenters. The first-order valence-electron chi connectivity index (χ1n) is 7.34. The van der Waals surface area contributed by atoms with E-state index < -0.39 is 11.7 Å². The van der Waals surface area contributed by atoms with E-state index in [-0.39, 0.29) is 11.5 Å². The number of ketones is 1. The van der Waals surface area contributed by atoms with E-state index in [2.05, 4.69) is 20.8 Å². The zero-order valence-electron chi connectivity index (χ0n) is 13.2. The highest BCUT2D eigenvalue weighted by molar-refractivity contribution is 6.42. The maximum atomic E-state index is 12.3. The Balaban J connectivity index is 2.14. The van der Waals surface area contributed by atoms with Crippen LogP contribution in [0.1, 0.15) is 43.6 Å². The van der Waals surface area contributed by atoms with Crippen molar-refractivity contribution in [1.82, 2.24) is 4.90 Å². The molecular formula is C17H23NO3. The third-order valence-corrected chi connectivity index (χ3v) is 3.84. The van der Waals surface area contributed by atoms with Gasteiger partial charge in [-0.1, -0.05) is 45.0 Å². The van der Waals surface area contributed by atoms with Gasteiger partial charge in [0.1, 0.15) is 0 Å². The Morgan fingerprint density at radius 1 is 1.19 bits per heavy atom. The largest absolute Gasteiger partial charge is 0.377 e. The van der Waals surface area contributed by atoms with E-state index in [0.29, 0.717) is 25.3 Å². The molecule has 0 radical (unpaired) electrons. The van der Waals surface area contributed by atoms with Crippen LogP contribution in [0.2, 0.25) is 0 Å². The normalized spacial score (nSPS) is 19.4. The van der Waals surface area contributed by atoms with Crippen molar-refractivity contribution in [2.24, 2.45) is 0 Å². The first-order valence-corrected chi connectivity index (χ1v) is 7.34. The van der Waals surface area contributed by atoms with Gasteiger partial charge < -0.3 is 9.64 Å². The molecule has 0 N–H and O–H groups in total. The SMILES string of the molecule is CC1COCCN1C(=O)C(=O)c1ccc(C(C)(C)C)cc1. The van der Waals surface area contributed by atoms with Crippen LogP contribution in [0, 0.1) is 0 Å². The number of carbonyl (C=O) groups is 2. The predicted molar refractivity (Wildman–Crippen MR) is 81.5 cm³/mol. The Bertz CT molecular complexity index is 528. The molecule has 1 amide bonds. The highest BCUT2D eigenvalue weighted by Gasteiger charge is 2.29. The van der Waals surface area contributed by atoms with Gasteiger partial charge in [-0.3, -0.25) is 9.59 Å². The van der Waals surface area contributed by atoms with E-state index in [1.165, 1.54) is 0 Å². The van der Waals surface area contributed by atoms with E-state index in [1.807, 2.05) is 19.1 Å². The average molecular weight is 289 g/mol. The molecule has 1 heterocycles. The number of benzene rings is 1. The standard InChI is InChI=1S/C17H23NO3/c1-12-11-21-10-9-18(12)16(20)15(19)13-5-7-14(8-6-13)17(2,3)4/h5-8,12H,9-11H2,1-4H3. The van der Waals surface area contributed by atoms with Crippen LogP contribution in [0.3, 0.4) is 0 Å². The molecule has 1 saturated heterocycles. The molecule has 0 bridgehead atoms. The second-order valence-electron chi connectivity index (χ2n) is 6.58. The van der Waals surface area contributed by atoms with Crippen LogP contribution in [0.5, 0.6) is 0 Å². The fourth-order valence-corrected chi connectivity index (χ4v) is 2.40. The van der Waals surface area contributed by atoms with Crippen LogP contribution in [0.4, 0.5) is 0 Å². The summed E-state index contributed by atoms with van der Waals surface area (Å²) in [5.41, 5.74) is 1.63. The number of Topliss-reactive ketones (excluding diaryl/α,β-unsaturated/α-hetero) is 1. The van der Waals surface area contributed by atoms with Gasteiger partial charge in [0, 0.05) is 12.1 Å². The summed E-state index contributed by atoms with van der Waals surface area (Å²) >= 11 is 0. The number of carbonyl (C=O) groups excluding carboxylic acids is 2. The Hall–Kier alpha value is -1.68. The fraction of sp³-hybridized carbons (Fsp3) is 0.529. The quantitative estimate of drug-likeness (QED) is 0.620. The molecule has 1 unspecified atom stereocenters. The minimum atomic E-state index is -0.441. The number of morpholine rings is 1. The molecule has 114 valence electrons. The second-order valence-corrected chi connectivity index (χ2v) is 6.58. The highest BCUT2D eigenvalue weighted by atomic mass is 16.5. The maximum absolute atomic E-state index is 12.3. The molecule has 1 fully saturated rings. The van der Waals surface area contributed by atoms with Gasteiger partial charge in [0.05, 0.1) is 19.3 Å². The monoisotopic (exact) mass is 289 g/mol. The predicted octanol–water partition coefficient (Wildman–Crippen LogP) is 2.41. The summed E-state index contributed by atoms with van der Waals surface area (Å²) in [7, 11) is 0. The van der Waals surface area contributed by atoms with Crippen molar-refractivity contribution < 1.29 is 14.3 Å². The molecule has 1 aliphatic heterocycles. The summed E-state index contributed by atoms with van der Waals surface area (Å²) in [6.45, 7) is 9.70. The van der Waals surface area contributed by atoms with Crippen molar-refractivity contribution in [1.29, 1.82) is 0 Å². The molecule has 0 saturated carbocycles. The Kier molecular flexibility index (Phi) is 4.47. The van der Waals surface area contributed by atoms with Gasteiger partial charge >= 0.3 is 0 Å². The van der Waals surface area contributed by atoms with Gasteiger partial charge in [0.25, 0.3) is 5.91 Å². The molecule has 4 nitrogen and oxygen atoms in total. The van der Waals surface area contributed by atoms with Gasteiger partial charge in [-0.2, -0.15) is 0 Å². The average Bonchev–Trinajstić information content (AvgIpc) is 2.45. The summed E-state index contributed by atoms with van der Waals surface area (Å²) < 4.78 is 5.30. The van der Waals surface area contributed by atoms with E-state index in [0.717, 1.165) is 5.56 Å². The molecule has 1 aliphatic rings. The summed E-state index contributed by atoms with van der Waals surface area (Å²) in [6.07, 6.45) is 0. The van der Waals surface area contributed by atoms with E-state index in [9.17, 15) is 9.59 Å². The lowest BCUT2D eigenvalue weighted by Gasteiger charge is -2.32. The van der Waals surface area contributed by atoms with E-state index in [1.54, 1.807) is 17.0 Å². The minimum absolute atomic E-state index is 0.0321. The highest BCUT2D eigenvalue weighted by Crippen LogP contribution is 2.22. The zero-order valence-corrected chi connectivity index (χ0v) is 13.2. The van der Waals surface area contributed by atoms with Crippen LogP contribution in [0.15, 0.2) is 24.3 Å².